The van der Waals surface area contributed by atoms with Crippen LogP contribution in [0.15, 0.2) is 91.0 Å². The summed E-state index contributed by atoms with van der Waals surface area (Å²) in [6, 6.07) is 19.7. The van der Waals surface area contributed by atoms with Gasteiger partial charge in [-0.05, 0) is 0 Å². The van der Waals surface area contributed by atoms with Crippen LogP contribution in [0, 0.1) is 11.3 Å². The van der Waals surface area contributed by atoms with E-state index in [1.54, 1.807) is 6.07 Å². The van der Waals surface area contributed by atoms with Gasteiger partial charge in [0.25, 0.3) is 22.9 Å². The van der Waals surface area contributed by atoms with Crippen LogP contribution in [-0.4, -0.2) is 40.4 Å². The molecule has 3 rings (SSSR count). The average Bonchev–Trinajstić information content (AvgIpc) is 2.92. The second kappa shape index (κ2) is 13.3. The molecule has 0 aliphatic heterocycles. The third-order valence-electron chi connectivity index (χ3n) is 5.02. The lowest BCUT2D eigenvalue weighted by atomic mass is 9.92. The number of nitrogens with two attached hydrogens (primary N) is 1. The fourth-order valence-corrected chi connectivity index (χ4v) is 2.85. The molecule has 0 bridgehead atoms. The lowest BCUT2D eigenvalue weighted by Crippen LogP contribution is -2.52. The topological polar surface area (TPSA) is 124 Å². The van der Waals surface area contributed by atoms with Crippen molar-refractivity contribution in [2.24, 2.45) is 5.73 Å². The van der Waals surface area contributed by atoms with Crippen molar-refractivity contribution in [3.05, 3.63) is 108 Å². The first kappa shape index (κ1) is 34.6. The quantitative estimate of drug-likeness (QED) is 0.215. The Hall–Kier alpha value is -4.42. The second-order valence-electron chi connectivity index (χ2n) is 7.82. The number of hydrogen-bond donors (Lipinski definition) is 3. The van der Waals surface area contributed by atoms with E-state index in [0.717, 1.165) is 42.5 Å². The molecule has 0 spiro atoms. The van der Waals surface area contributed by atoms with Gasteiger partial charge in [-0.15, -0.1) is 0 Å². The van der Waals surface area contributed by atoms with Crippen molar-refractivity contribution in [2.45, 2.75) is 29.7 Å². The van der Waals surface area contributed by atoms with Crippen molar-refractivity contribution >= 4 is 11.7 Å². The summed E-state index contributed by atoms with van der Waals surface area (Å²) < 4.78 is 110. The van der Waals surface area contributed by atoms with E-state index in [0.29, 0.717) is 0 Å². The van der Waals surface area contributed by atoms with Crippen molar-refractivity contribution in [1.82, 2.24) is 0 Å². The SMILES string of the molecule is N#CC(O)(c1ccccc1)C(F)(F)F.NC(=O)C(O)(c1ccccc1)C(F)(F)F.O=C(c1ccccc1)C(F)(F)F. The number of carbonyl (C=O) groups is 2. The van der Waals surface area contributed by atoms with Crippen molar-refractivity contribution in [1.29, 1.82) is 5.26 Å². The number of rotatable bonds is 4. The van der Waals surface area contributed by atoms with Gasteiger partial charge in [0.15, 0.2) is 0 Å². The molecule has 0 saturated heterocycles. The minimum atomic E-state index is -5.14. The highest BCUT2D eigenvalue weighted by atomic mass is 19.4. The van der Waals surface area contributed by atoms with Crippen LogP contribution in [0.2, 0.25) is 0 Å². The predicted molar refractivity (Wildman–Crippen MR) is 124 cm³/mol. The minimum absolute atomic E-state index is 0.329. The molecule has 0 aliphatic carbocycles. The lowest BCUT2D eigenvalue weighted by Gasteiger charge is -2.27. The van der Waals surface area contributed by atoms with Crippen LogP contribution in [0.3, 0.4) is 0 Å². The van der Waals surface area contributed by atoms with Gasteiger partial charge in [0.05, 0.1) is 0 Å². The molecule has 2 atom stereocenters. The smallest absolute Gasteiger partial charge is 0.369 e. The second-order valence-corrected chi connectivity index (χ2v) is 7.82. The van der Waals surface area contributed by atoms with Gasteiger partial charge in [-0.25, -0.2) is 0 Å². The summed E-state index contributed by atoms with van der Waals surface area (Å²) in [5, 5.41) is 26.8. The van der Waals surface area contributed by atoms with E-state index in [1.807, 2.05) is 0 Å². The number of Topliss-reactive ketones (excluding diaryl/α,β-unsaturated/α-hetero) is 1. The summed E-state index contributed by atoms with van der Waals surface area (Å²) in [5.41, 5.74) is -3.87. The number of aliphatic hydroxyl groups is 2. The van der Waals surface area contributed by atoms with Crippen molar-refractivity contribution in [3.8, 4) is 6.07 Å². The van der Waals surface area contributed by atoms with Gasteiger partial charge in [-0.2, -0.15) is 44.8 Å². The molecule has 2 unspecified atom stereocenters. The van der Waals surface area contributed by atoms with E-state index in [4.69, 9.17) is 10.4 Å². The Balaban J connectivity index is 0.000000309. The zero-order valence-corrected chi connectivity index (χ0v) is 20.3. The van der Waals surface area contributed by atoms with Crippen molar-refractivity contribution in [2.75, 3.05) is 0 Å². The fraction of sp³-hybridized carbons (Fsp3) is 0.192. The number of nitriles is 1. The number of ketones is 1. The Morgan fingerprint density at radius 2 is 1.00 bits per heavy atom. The maximum absolute atomic E-state index is 12.5. The zero-order chi connectivity index (χ0) is 31.7. The van der Waals surface area contributed by atoms with Gasteiger partial charge in [0.1, 0.15) is 6.07 Å². The Kier molecular flexibility index (Phi) is 11.2. The van der Waals surface area contributed by atoms with Crippen LogP contribution < -0.4 is 5.73 Å². The highest BCUT2D eigenvalue weighted by Gasteiger charge is 2.60. The molecule has 0 aliphatic rings. The standard InChI is InChI=1S/C9H8F3NO2.C9H6F3NO.C8H5F3O/c10-9(11,12)8(15,7(13)14)6-4-2-1-3-5-6;10-9(11,12)8(14,6-13)7-4-2-1-3-5-7;9-8(10,11)7(12)6-4-2-1-3-5-6/h1-5,15H,(H2,13,14);1-5,14H;1-5H. The normalized spacial score (nSPS) is 14.4. The summed E-state index contributed by atoms with van der Waals surface area (Å²) in [5.74, 6) is -3.65. The Bertz CT molecular complexity index is 1320. The Morgan fingerprint density at radius 3 is 1.29 bits per heavy atom. The first-order chi connectivity index (χ1) is 18.7. The van der Waals surface area contributed by atoms with Gasteiger partial charge in [0, 0.05) is 16.7 Å². The summed E-state index contributed by atoms with van der Waals surface area (Å²) in [4.78, 5) is 21.3. The first-order valence-corrected chi connectivity index (χ1v) is 10.8. The largest absolute Gasteiger partial charge is 0.454 e. The average molecular weight is 594 g/mol. The Morgan fingerprint density at radius 1 is 0.634 bits per heavy atom. The van der Waals surface area contributed by atoms with E-state index < -0.39 is 52.5 Å². The van der Waals surface area contributed by atoms with Crippen LogP contribution in [0.4, 0.5) is 39.5 Å². The molecular formula is C26H19F9N2O4. The summed E-state index contributed by atoms with van der Waals surface area (Å²) in [7, 11) is 0. The van der Waals surface area contributed by atoms with Crippen LogP contribution in [-0.2, 0) is 16.0 Å². The number of nitrogens with zero attached hydrogens (tertiary/aromatic N) is 1. The third-order valence-corrected chi connectivity index (χ3v) is 5.02. The van der Waals surface area contributed by atoms with Gasteiger partial charge in [-0.3, -0.25) is 9.59 Å². The van der Waals surface area contributed by atoms with E-state index in [-0.39, 0.29) is 5.56 Å². The monoisotopic (exact) mass is 594 g/mol. The molecule has 0 aromatic heterocycles. The van der Waals surface area contributed by atoms with Gasteiger partial charge in [-0.1, -0.05) is 91.0 Å². The van der Waals surface area contributed by atoms with Gasteiger partial charge < -0.3 is 15.9 Å². The molecule has 4 N–H and O–H groups in total. The maximum atomic E-state index is 12.5. The number of carbonyl (C=O) groups excluding carboxylic acids is 2. The van der Waals surface area contributed by atoms with E-state index in [9.17, 15) is 54.2 Å². The summed E-state index contributed by atoms with van der Waals surface area (Å²) in [6.45, 7) is 0. The molecule has 0 radical (unpaired) electrons. The number of primary amides is 1. The molecule has 15 heteroatoms. The number of halogens is 9. The van der Waals surface area contributed by atoms with Crippen LogP contribution >= 0.6 is 0 Å². The highest BCUT2D eigenvalue weighted by Crippen LogP contribution is 2.39. The van der Waals surface area contributed by atoms with Crippen LogP contribution in [0.1, 0.15) is 21.5 Å². The van der Waals surface area contributed by atoms with Gasteiger partial charge >= 0.3 is 18.5 Å². The number of alkyl halides is 9. The Labute approximate surface area is 226 Å². The molecule has 1 amide bonds. The van der Waals surface area contributed by atoms with Crippen LogP contribution in [0.25, 0.3) is 0 Å². The molecule has 3 aromatic carbocycles. The molecule has 0 heterocycles. The molecule has 6 nitrogen and oxygen atoms in total. The van der Waals surface area contributed by atoms with Crippen molar-refractivity contribution < 1.29 is 59.3 Å². The first-order valence-electron chi connectivity index (χ1n) is 10.8. The lowest BCUT2D eigenvalue weighted by molar-refractivity contribution is -0.255. The number of hydrogen-bond acceptors (Lipinski definition) is 5. The molecule has 0 fully saturated rings. The van der Waals surface area contributed by atoms with Crippen LogP contribution in [0.5, 0.6) is 0 Å². The number of benzene rings is 3. The van der Waals surface area contributed by atoms with E-state index in [2.05, 4.69) is 5.73 Å². The molecule has 0 saturated carbocycles. The van der Waals surface area contributed by atoms with E-state index in [1.165, 1.54) is 48.5 Å². The van der Waals surface area contributed by atoms with Crippen molar-refractivity contribution in [3.63, 3.8) is 0 Å². The highest BCUT2D eigenvalue weighted by molar-refractivity contribution is 6.00. The molecular weight excluding hydrogens is 575 g/mol. The summed E-state index contributed by atoms with van der Waals surface area (Å²) in [6.07, 6.45) is -14.9. The third kappa shape index (κ3) is 8.53. The van der Waals surface area contributed by atoms with Gasteiger partial charge in [0.2, 0.25) is 0 Å². The van der Waals surface area contributed by atoms with E-state index >= 15 is 0 Å². The maximum Gasteiger partial charge on any atom is 0.454 e. The summed E-state index contributed by atoms with van der Waals surface area (Å²) >= 11 is 0. The predicted octanol–water partition coefficient (Wildman–Crippen LogP) is 5.31. The molecule has 41 heavy (non-hydrogen) atoms. The fourth-order valence-electron chi connectivity index (χ4n) is 2.85. The minimum Gasteiger partial charge on any atom is -0.369 e. The zero-order valence-electron chi connectivity index (χ0n) is 20.3. The molecule has 3 aromatic rings. The molecule has 220 valence electrons. The number of amides is 1.